The lowest BCUT2D eigenvalue weighted by Crippen LogP contribution is -2.46. The molecule has 1 aliphatic rings. The third kappa shape index (κ3) is 2.34. The predicted octanol–water partition coefficient (Wildman–Crippen LogP) is 1.77. The summed E-state index contributed by atoms with van der Waals surface area (Å²) in [6.07, 6.45) is 0. The van der Waals surface area contributed by atoms with Crippen molar-refractivity contribution in [1.29, 1.82) is 0 Å². The molecule has 1 atom stereocenters. The van der Waals surface area contributed by atoms with Crippen molar-refractivity contribution in [3.63, 3.8) is 0 Å². The van der Waals surface area contributed by atoms with Crippen LogP contribution in [-0.2, 0) is 9.53 Å². The van der Waals surface area contributed by atoms with Gasteiger partial charge in [0.1, 0.15) is 0 Å². The van der Waals surface area contributed by atoms with E-state index in [2.05, 4.69) is 10.6 Å². The lowest BCUT2D eigenvalue weighted by atomic mass is 10.0. The number of amides is 2. The number of hydrogen-bond acceptors (Lipinski definition) is 4. The molecule has 0 bridgehead atoms. The third-order valence-corrected chi connectivity index (χ3v) is 3.72. The molecule has 0 aliphatic carbocycles. The van der Waals surface area contributed by atoms with E-state index in [1.54, 1.807) is 0 Å². The first kappa shape index (κ1) is 12.9. The highest BCUT2D eigenvalue weighted by atomic mass is 35.5. The van der Waals surface area contributed by atoms with Crippen molar-refractivity contribution in [1.82, 2.24) is 10.6 Å². The zero-order chi connectivity index (χ0) is 13.1. The van der Waals surface area contributed by atoms with Crippen LogP contribution in [0.15, 0.2) is 28.8 Å². The molecule has 2 rings (SSSR count). The Labute approximate surface area is 113 Å². The summed E-state index contributed by atoms with van der Waals surface area (Å²) in [6, 6.07) is 2.80. The van der Waals surface area contributed by atoms with Gasteiger partial charge in [0.25, 0.3) is 0 Å². The van der Waals surface area contributed by atoms with Crippen LogP contribution < -0.4 is 10.6 Å². The van der Waals surface area contributed by atoms with Crippen molar-refractivity contribution in [3.8, 4) is 0 Å². The largest absolute Gasteiger partial charge is 0.466 e. The maximum Gasteiger partial charge on any atom is 0.338 e. The summed E-state index contributed by atoms with van der Waals surface area (Å²) in [6.45, 7) is 0. The second kappa shape index (κ2) is 5.41. The van der Waals surface area contributed by atoms with Crippen LogP contribution in [0, 0.1) is 0 Å². The summed E-state index contributed by atoms with van der Waals surface area (Å²) in [4.78, 5) is 24.2. The first-order valence-electron chi connectivity index (χ1n) is 5.15. The number of rotatable bonds is 3. The van der Waals surface area contributed by atoms with Gasteiger partial charge in [-0.2, -0.15) is 0 Å². The molecule has 1 aliphatic heterocycles. The first-order valence-corrected chi connectivity index (χ1v) is 6.57. The van der Waals surface area contributed by atoms with Crippen LogP contribution in [0.3, 0.4) is 0 Å². The molecule has 0 saturated carbocycles. The van der Waals surface area contributed by atoms with Gasteiger partial charge in [0.15, 0.2) is 0 Å². The van der Waals surface area contributed by atoms with Crippen LogP contribution in [0.25, 0.3) is 0 Å². The number of hydrogen-bond donors (Lipinski definition) is 2. The Hall–Kier alpha value is -1.53. The zero-order valence-electron chi connectivity index (χ0n) is 9.53. The third-order valence-electron chi connectivity index (χ3n) is 2.52. The number of alkyl halides is 1. The molecule has 1 aromatic heterocycles. The van der Waals surface area contributed by atoms with Gasteiger partial charge in [-0.1, -0.05) is 6.07 Å². The lowest BCUT2D eigenvalue weighted by molar-refractivity contribution is -0.136. The second-order valence-corrected chi connectivity index (χ2v) is 4.81. The van der Waals surface area contributed by atoms with Crippen LogP contribution in [0.1, 0.15) is 10.9 Å². The number of thiophene rings is 1. The number of carbonyl (C=O) groups excluding carboxylic acids is 2. The molecule has 0 spiro atoms. The standard InChI is InChI=1S/C11H11ClN2O3S/c1-17-10(15)8-6(5-12)13-11(16)14-9(8)7-3-2-4-18-7/h2-4,9H,5H2,1H3,(H2,13,14,16)/t9-/m1/s1. The Morgan fingerprint density at radius 3 is 2.94 bits per heavy atom. The topological polar surface area (TPSA) is 67.4 Å². The highest BCUT2D eigenvalue weighted by Gasteiger charge is 2.33. The van der Waals surface area contributed by atoms with Gasteiger partial charge in [0.05, 0.1) is 24.6 Å². The van der Waals surface area contributed by atoms with E-state index in [9.17, 15) is 9.59 Å². The van der Waals surface area contributed by atoms with Gasteiger partial charge in [0, 0.05) is 10.6 Å². The smallest absolute Gasteiger partial charge is 0.338 e. The number of nitrogens with one attached hydrogen (secondary N) is 2. The van der Waals surface area contributed by atoms with Crippen molar-refractivity contribution >= 4 is 34.9 Å². The predicted molar refractivity (Wildman–Crippen MR) is 68.5 cm³/mol. The molecule has 7 heteroatoms. The quantitative estimate of drug-likeness (QED) is 0.657. The molecule has 5 nitrogen and oxygen atoms in total. The summed E-state index contributed by atoms with van der Waals surface area (Å²) in [5.74, 6) is -0.462. The van der Waals surface area contributed by atoms with Gasteiger partial charge in [-0.3, -0.25) is 0 Å². The SMILES string of the molecule is COC(=O)C1=C(CCl)NC(=O)N[C@@H]1c1cccs1. The fraction of sp³-hybridized carbons (Fsp3) is 0.273. The van der Waals surface area contributed by atoms with Gasteiger partial charge >= 0.3 is 12.0 Å². The Bertz CT molecular complexity index is 498. The van der Waals surface area contributed by atoms with Crippen molar-refractivity contribution in [2.75, 3.05) is 13.0 Å². The van der Waals surface area contributed by atoms with Crippen molar-refractivity contribution in [3.05, 3.63) is 33.7 Å². The van der Waals surface area contributed by atoms with E-state index < -0.39 is 12.0 Å². The molecule has 0 saturated heterocycles. The molecule has 96 valence electrons. The molecular formula is C11H11ClN2O3S. The maximum atomic E-state index is 11.8. The Balaban J connectivity index is 2.48. The van der Waals surface area contributed by atoms with Crippen molar-refractivity contribution < 1.29 is 14.3 Å². The number of urea groups is 1. The van der Waals surface area contributed by atoms with Gasteiger partial charge in [-0.15, -0.1) is 22.9 Å². The molecule has 2 heterocycles. The normalized spacial score (nSPS) is 19.2. The molecule has 1 aromatic rings. The van der Waals surface area contributed by atoms with Crippen LogP contribution >= 0.6 is 22.9 Å². The summed E-state index contributed by atoms with van der Waals surface area (Å²) in [5.41, 5.74) is 0.722. The average molecular weight is 287 g/mol. The van der Waals surface area contributed by atoms with E-state index in [1.807, 2.05) is 17.5 Å². The number of carbonyl (C=O) groups is 2. The van der Waals surface area contributed by atoms with E-state index in [1.165, 1.54) is 18.4 Å². The minimum atomic E-state index is -0.514. The van der Waals surface area contributed by atoms with E-state index >= 15 is 0 Å². The van der Waals surface area contributed by atoms with E-state index in [4.69, 9.17) is 16.3 Å². The van der Waals surface area contributed by atoms with E-state index in [-0.39, 0.29) is 11.9 Å². The molecule has 0 fully saturated rings. The molecular weight excluding hydrogens is 276 g/mol. The fourth-order valence-electron chi connectivity index (χ4n) is 1.74. The number of esters is 1. The van der Waals surface area contributed by atoms with Crippen molar-refractivity contribution in [2.45, 2.75) is 6.04 Å². The fourth-order valence-corrected chi connectivity index (χ4v) is 2.74. The maximum absolute atomic E-state index is 11.8. The van der Waals surface area contributed by atoms with Gasteiger partial charge in [-0.05, 0) is 11.4 Å². The van der Waals surface area contributed by atoms with Crippen LogP contribution in [0.5, 0.6) is 0 Å². The molecule has 18 heavy (non-hydrogen) atoms. The number of halogens is 1. The minimum Gasteiger partial charge on any atom is -0.466 e. The molecule has 0 unspecified atom stereocenters. The lowest BCUT2D eigenvalue weighted by Gasteiger charge is -2.27. The summed E-state index contributed by atoms with van der Waals surface area (Å²) >= 11 is 7.21. The number of methoxy groups -OCH3 is 1. The number of allylic oxidation sites excluding steroid dienone is 1. The van der Waals surface area contributed by atoms with Crippen molar-refractivity contribution in [2.24, 2.45) is 0 Å². The Morgan fingerprint density at radius 2 is 2.39 bits per heavy atom. The Kier molecular flexibility index (Phi) is 3.88. The Morgan fingerprint density at radius 1 is 1.61 bits per heavy atom. The second-order valence-electron chi connectivity index (χ2n) is 3.56. The summed E-state index contributed by atoms with van der Waals surface area (Å²) in [7, 11) is 1.29. The highest BCUT2D eigenvalue weighted by Crippen LogP contribution is 2.30. The summed E-state index contributed by atoms with van der Waals surface area (Å²) in [5, 5.41) is 7.09. The molecule has 0 aromatic carbocycles. The van der Waals surface area contributed by atoms with Crippen LogP contribution in [0.4, 0.5) is 4.79 Å². The molecule has 2 amide bonds. The number of ether oxygens (including phenoxy) is 1. The average Bonchev–Trinajstić information content (AvgIpc) is 2.90. The van der Waals surface area contributed by atoms with Crippen LogP contribution in [-0.4, -0.2) is 25.0 Å². The zero-order valence-corrected chi connectivity index (χ0v) is 11.1. The minimum absolute atomic E-state index is 0.0414. The molecule has 0 radical (unpaired) electrons. The molecule has 2 N–H and O–H groups in total. The monoisotopic (exact) mass is 286 g/mol. The van der Waals surface area contributed by atoms with Gasteiger partial charge in [-0.25, -0.2) is 9.59 Å². The first-order chi connectivity index (χ1) is 8.67. The van der Waals surface area contributed by atoms with Gasteiger partial charge in [0.2, 0.25) is 0 Å². The van der Waals surface area contributed by atoms with E-state index in [0.717, 1.165) is 4.88 Å². The summed E-state index contributed by atoms with van der Waals surface area (Å²) < 4.78 is 4.74. The van der Waals surface area contributed by atoms with E-state index in [0.29, 0.717) is 11.3 Å². The van der Waals surface area contributed by atoms with Gasteiger partial charge < -0.3 is 15.4 Å². The van der Waals surface area contributed by atoms with Crippen LogP contribution in [0.2, 0.25) is 0 Å². The highest BCUT2D eigenvalue weighted by molar-refractivity contribution is 7.10.